The molecule has 0 aliphatic carbocycles. The number of hydrogen-bond acceptors (Lipinski definition) is 5. The molecule has 22 heavy (non-hydrogen) atoms. The van der Waals surface area contributed by atoms with E-state index in [1.54, 1.807) is 6.92 Å². The highest BCUT2D eigenvalue weighted by Gasteiger charge is 2.18. The Bertz CT molecular complexity index is 529. The van der Waals surface area contributed by atoms with Crippen LogP contribution in [0.1, 0.15) is 33.1 Å². The smallest absolute Gasteiger partial charge is 0.357 e. The van der Waals surface area contributed by atoms with Crippen molar-refractivity contribution in [1.29, 1.82) is 0 Å². The van der Waals surface area contributed by atoms with Crippen molar-refractivity contribution in [3.8, 4) is 0 Å². The predicted octanol–water partition coefficient (Wildman–Crippen LogP) is 2.78. The number of benzene rings is 1. The molecule has 0 aromatic heterocycles. The fraction of sp³-hybridized carbons (Fsp3) is 0.375. The van der Waals surface area contributed by atoms with Crippen LogP contribution in [0.25, 0.3) is 0 Å². The highest BCUT2D eigenvalue weighted by atomic mass is 32.2. The molecule has 0 radical (unpaired) electrons. The molecule has 1 rings (SSSR count). The SMILES string of the molecule is CCCCC(=O)NC(C(=O)OCC)=C(N)Sc1ccccc1. The topological polar surface area (TPSA) is 81.4 Å². The van der Waals surface area contributed by atoms with Crippen molar-refractivity contribution >= 4 is 23.6 Å². The Balaban J connectivity index is 2.89. The van der Waals surface area contributed by atoms with Gasteiger partial charge in [0, 0.05) is 11.3 Å². The fourth-order valence-electron chi connectivity index (χ4n) is 1.62. The van der Waals surface area contributed by atoms with Gasteiger partial charge in [-0.15, -0.1) is 0 Å². The number of esters is 1. The van der Waals surface area contributed by atoms with Gasteiger partial charge in [0.1, 0.15) is 5.03 Å². The molecule has 3 N–H and O–H groups in total. The molecule has 1 amide bonds. The number of rotatable bonds is 8. The molecule has 0 fully saturated rings. The summed E-state index contributed by atoms with van der Waals surface area (Å²) in [7, 11) is 0. The van der Waals surface area contributed by atoms with Crippen LogP contribution in [0.5, 0.6) is 0 Å². The van der Waals surface area contributed by atoms with E-state index in [-0.39, 0.29) is 23.2 Å². The molecule has 0 aliphatic rings. The summed E-state index contributed by atoms with van der Waals surface area (Å²) in [6.07, 6.45) is 2.01. The number of carbonyl (C=O) groups is 2. The van der Waals surface area contributed by atoms with E-state index in [2.05, 4.69) is 5.32 Å². The van der Waals surface area contributed by atoms with Crippen LogP contribution in [0, 0.1) is 0 Å². The number of ether oxygens (including phenoxy) is 1. The van der Waals surface area contributed by atoms with Gasteiger partial charge >= 0.3 is 5.97 Å². The summed E-state index contributed by atoms with van der Waals surface area (Å²) in [5.41, 5.74) is 6.00. The number of hydrogen-bond donors (Lipinski definition) is 2. The lowest BCUT2D eigenvalue weighted by molar-refractivity contribution is -0.140. The number of unbranched alkanes of at least 4 members (excludes halogenated alkanes) is 1. The minimum atomic E-state index is -0.617. The van der Waals surface area contributed by atoms with Crippen LogP contribution in [-0.2, 0) is 14.3 Å². The number of nitrogens with two attached hydrogens (primary N) is 1. The minimum Gasteiger partial charge on any atom is -0.461 e. The summed E-state index contributed by atoms with van der Waals surface area (Å²) in [6, 6.07) is 9.39. The van der Waals surface area contributed by atoms with Crippen molar-refractivity contribution in [2.45, 2.75) is 38.0 Å². The molecule has 0 aliphatic heterocycles. The van der Waals surface area contributed by atoms with Crippen LogP contribution >= 0.6 is 11.8 Å². The summed E-state index contributed by atoms with van der Waals surface area (Å²) < 4.78 is 4.96. The highest BCUT2D eigenvalue weighted by molar-refractivity contribution is 8.03. The molecule has 120 valence electrons. The molecule has 0 saturated heterocycles. The third-order valence-electron chi connectivity index (χ3n) is 2.72. The molecule has 6 heteroatoms. The third-order valence-corrected chi connectivity index (χ3v) is 3.65. The van der Waals surface area contributed by atoms with Crippen molar-refractivity contribution in [3.05, 3.63) is 41.1 Å². The van der Waals surface area contributed by atoms with Gasteiger partial charge < -0.3 is 15.8 Å². The molecule has 0 spiro atoms. The number of thioether (sulfide) groups is 1. The van der Waals surface area contributed by atoms with Crippen molar-refractivity contribution < 1.29 is 14.3 Å². The zero-order valence-corrected chi connectivity index (χ0v) is 13.7. The molecule has 5 nitrogen and oxygen atoms in total. The Morgan fingerprint density at radius 1 is 1.23 bits per heavy atom. The third kappa shape index (κ3) is 6.22. The first-order valence-corrected chi connectivity index (χ1v) is 8.09. The number of amides is 1. The first-order valence-electron chi connectivity index (χ1n) is 7.28. The second-order valence-corrected chi connectivity index (χ2v) is 5.64. The highest BCUT2D eigenvalue weighted by Crippen LogP contribution is 2.24. The first-order chi connectivity index (χ1) is 10.6. The van der Waals surface area contributed by atoms with E-state index in [0.29, 0.717) is 6.42 Å². The zero-order valence-electron chi connectivity index (χ0n) is 12.9. The van der Waals surface area contributed by atoms with E-state index in [0.717, 1.165) is 17.7 Å². The first kappa shape index (κ1) is 18.1. The Hall–Kier alpha value is -1.95. The van der Waals surface area contributed by atoms with Gasteiger partial charge in [-0.3, -0.25) is 4.79 Å². The van der Waals surface area contributed by atoms with Crippen molar-refractivity contribution in [1.82, 2.24) is 5.32 Å². The van der Waals surface area contributed by atoms with E-state index >= 15 is 0 Å². The standard InChI is InChI=1S/C16H22N2O3S/c1-3-5-11-13(19)18-14(16(20)21-4-2)15(17)22-12-9-7-6-8-10-12/h6-10H,3-5,11,17H2,1-2H3,(H,18,19). The lowest BCUT2D eigenvalue weighted by atomic mass is 10.2. The van der Waals surface area contributed by atoms with Gasteiger partial charge in [0.2, 0.25) is 5.91 Å². The van der Waals surface area contributed by atoms with Crippen molar-refractivity contribution in [2.24, 2.45) is 5.73 Å². The molecule has 1 aromatic rings. The van der Waals surface area contributed by atoms with Crippen molar-refractivity contribution in [2.75, 3.05) is 6.61 Å². The maximum atomic E-state index is 12.0. The summed E-state index contributed by atoms with van der Waals surface area (Å²) in [5, 5.41) is 2.79. The van der Waals surface area contributed by atoms with Crippen LogP contribution in [0.2, 0.25) is 0 Å². The average Bonchev–Trinajstić information content (AvgIpc) is 2.51. The number of nitrogens with one attached hydrogen (secondary N) is 1. The van der Waals surface area contributed by atoms with Crippen molar-refractivity contribution in [3.63, 3.8) is 0 Å². The average molecular weight is 322 g/mol. The van der Waals surface area contributed by atoms with Gasteiger partial charge in [-0.05, 0) is 25.5 Å². The molecular weight excluding hydrogens is 300 g/mol. The summed E-state index contributed by atoms with van der Waals surface area (Å²) >= 11 is 1.21. The van der Waals surface area contributed by atoms with E-state index < -0.39 is 5.97 Å². The van der Waals surface area contributed by atoms with Gasteiger partial charge in [-0.25, -0.2) is 4.79 Å². The van der Waals surface area contributed by atoms with E-state index in [1.165, 1.54) is 11.8 Å². The fourth-order valence-corrected chi connectivity index (χ4v) is 2.41. The molecular formula is C16H22N2O3S. The second kappa shape index (κ2) is 9.89. The lowest BCUT2D eigenvalue weighted by Gasteiger charge is -2.12. The Morgan fingerprint density at radius 2 is 1.91 bits per heavy atom. The van der Waals surface area contributed by atoms with Gasteiger partial charge in [0.05, 0.1) is 6.61 Å². The van der Waals surface area contributed by atoms with Crippen LogP contribution in [0.4, 0.5) is 0 Å². The molecule has 0 bridgehead atoms. The number of carbonyl (C=O) groups excluding carboxylic acids is 2. The summed E-state index contributed by atoms with van der Waals surface area (Å²) in [5.74, 6) is -0.852. The molecule has 0 saturated carbocycles. The van der Waals surface area contributed by atoms with Crippen LogP contribution in [-0.4, -0.2) is 18.5 Å². The zero-order chi connectivity index (χ0) is 16.4. The van der Waals surface area contributed by atoms with E-state index in [9.17, 15) is 9.59 Å². The molecule has 0 unspecified atom stereocenters. The normalized spacial score (nSPS) is 11.5. The Kier molecular flexibility index (Phi) is 8.14. The van der Waals surface area contributed by atoms with Gasteiger partial charge in [-0.1, -0.05) is 43.3 Å². The maximum absolute atomic E-state index is 12.0. The second-order valence-electron chi connectivity index (χ2n) is 4.53. The minimum absolute atomic E-state index is 0.0109. The van der Waals surface area contributed by atoms with Crippen LogP contribution in [0.15, 0.2) is 46.0 Å². The summed E-state index contributed by atoms with van der Waals surface area (Å²) in [6.45, 7) is 3.92. The molecule has 0 atom stereocenters. The maximum Gasteiger partial charge on any atom is 0.357 e. The van der Waals surface area contributed by atoms with Gasteiger partial charge in [0.25, 0.3) is 0 Å². The van der Waals surface area contributed by atoms with Gasteiger partial charge in [0.15, 0.2) is 5.70 Å². The van der Waals surface area contributed by atoms with Crippen LogP contribution < -0.4 is 11.1 Å². The predicted molar refractivity (Wildman–Crippen MR) is 87.8 cm³/mol. The Morgan fingerprint density at radius 3 is 2.50 bits per heavy atom. The largest absolute Gasteiger partial charge is 0.461 e. The monoisotopic (exact) mass is 322 g/mol. The quantitative estimate of drug-likeness (QED) is 0.437. The molecule has 0 heterocycles. The van der Waals surface area contributed by atoms with E-state index in [1.807, 2.05) is 37.3 Å². The van der Waals surface area contributed by atoms with E-state index in [4.69, 9.17) is 10.5 Å². The Labute approximate surface area is 135 Å². The van der Waals surface area contributed by atoms with Crippen LogP contribution in [0.3, 0.4) is 0 Å². The summed E-state index contributed by atoms with van der Waals surface area (Å²) in [4.78, 5) is 24.7. The lowest BCUT2D eigenvalue weighted by Crippen LogP contribution is -2.30. The molecule has 1 aromatic carbocycles. The van der Waals surface area contributed by atoms with Gasteiger partial charge in [-0.2, -0.15) is 0 Å².